The lowest BCUT2D eigenvalue weighted by molar-refractivity contribution is 0.0490. The number of ether oxygens (including phenoxy) is 1. The second-order valence-corrected chi connectivity index (χ2v) is 8.95. The fraction of sp³-hybridized carbons (Fsp3) is 0.722. The molecule has 0 unspecified atom stereocenters. The second-order valence-electron chi connectivity index (χ2n) is 7.63. The summed E-state index contributed by atoms with van der Waals surface area (Å²) in [6.45, 7) is 8.35. The van der Waals surface area contributed by atoms with Gasteiger partial charge >= 0.3 is 6.09 Å². The number of nitrogens with zero attached hydrogens (tertiary/aromatic N) is 2. The number of amides is 1. The maximum Gasteiger partial charge on any atom is 0.407 e. The van der Waals surface area contributed by atoms with E-state index in [-0.39, 0.29) is 12.1 Å². The zero-order valence-electron chi connectivity index (χ0n) is 16.4. The average Bonchev–Trinajstić information content (AvgIpc) is 2.96. The molecule has 7 nitrogen and oxygen atoms in total. The van der Waals surface area contributed by atoms with Crippen LogP contribution in [0.1, 0.15) is 56.3 Å². The lowest BCUT2D eigenvalue weighted by Gasteiger charge is -2.31. The number of aromatic nitrogens is 1. The van der Waals surface area contributed by atoms with Crippen LogP contribution in [-0.2, 0) is 11.3 Å². The summed E-state index contributed by atoms with van der Waals surface area (Å²) in [6.07, 6.45) is 5.38. The van der Waals surface area contributed by atoms with Gasteiger partial charge in [0.15, 0.2) is 5.96 Å². The van der Waals surface area contributed by atoms with E-state index in [0.717, 1.165) is 36.7 Å². The van der Waals surface area contributed by atoms with E-state index in [4.69, 9.17) is 4.74 Å². The summed E-state index contributed by atoms with van der Waals surface area (Å²) in [5, 5.41) is 10.8. The predicted molar refractivity (Wildman–Crippen MR) is 106 cm³/mol. The van der Waals surface area contributed by atoms with Crippen LogP contribution in [0.5, 0.6) is 0 Å². The van der Waals surface area contributed by atoms with Gasteiger partial charge in [-0.3, -0.25) is 4.99 Å². The van der Waals surface area contributed by atoms with E-state index in [1.54, 1.807) is 18.4 Å². The smallest absolute Gasteiger partial charge is 0.407 e. The normalized spacial score (nSPS) is 21.2. The molecule has 1 saturated carbocycles. The summed E-state index contributed by atoms with van der Waals surface area (Å²) < 4.78 is 5.33. The van der Waals surface area contributed by atoms with Crippen molar-refractivity contribution in [3.05, 3.63) is 16.1 Å². The third-order valence-corrected chi connectivity index (χ3v) is 5.00. The predicted octanol–water partition coefficient (Wildman–Crippen LogP) is 2.95. The van der Waals surface area contributed by atoms with Gasteiger partial charge in [-0.1, -0.05) is 0 Å². The number of guanidine groups is 1. The van der Waals surface area contributed by atoms with Crippen LogP contribution in [0.2, 0.25) is 0 Å². The lowest BCUT2D eigenvalue weighted by atomic mass is 9.91. The Bertz CT molecular complexity index is 615. The van der Waals surface area contributed by atoms with Gasteiger partial charge in [0, 0.05) is 30.2 Å². The third kappa shape index (κ3) is 7.19. The minimum Gasteiger partial charge on any atom is -0.444 e. The Labute approximate surface area is 160 Å². The summed E-state index contributed by atoms with van der Waals surface area (Å²) in [7, 11) is 1.78. The van der Waals surface area contributed by atoms with Crippen molar-refractivity contribution < 1.29 is 9.53 Å². The van der Waals surface area contributed by atoms with Crippen LogP contribution in [0.15, 0.2) is 11.2 Å². The molecular weight excluding hydrogens is 350 g/mol. The number of thiazole rings is 1. The summed E-state index contributed by atoms with van der Waals surface area (Å²) in [6, 6.07) is 0.534. The van der Waals surface area contributed by atoms with Crippen molar-refractivity contribution in [1.29, 1.82) is 0 Å². The van der Waals surface area contributed by atoms with E-state index < -0.39 is 5.60 Å². The van der Waals surface area contributed by atoms with Crippen LogP contribution in [-0.4, -0.2) is 41.8 Å². The van der Waals surface area contributed by atoms with E-state index in [2.05, 4.69) is 32.9 Å². The molecule has 0 spiro atoms. The zero-order valence-corrected chi connectivity index (χ0v) is 17.2. The fourth-order valence-corrected chi connectivity index (χ4v) is 3.61. The molecule has 1 aliphatic rings. The van der Waals surface area contributed by atoms with E-state index in [1.165, 1.54) is 4.88 Å². The Kier molecular flexibility index (Phi) is 7.25. The highest BCUT2D eigenvalue weighted by Crippen LogP contribution is 2.19. The van der Waals surface area contributed by atoms with E-state index >= 15 is 0 Å². The van der Waals surface area contributed by atoms with Crippen LogP contribution in [0, 0.1) is 6.92 Å². The van der Waals surface area contributed by atoms with Crippen molar-refractivity contribution in [2.75, 3.05) is 7.05 Å². The molecular formula is C18H31N5O2S. The standard InChI is InChI=1S/C18H31N5O2S/c1-12-10-20-15(26-12)11-21-16(19-5)22-13-6-8-14(9-7-13)23-17(24)25-18(2,3)4/h10,13-14H,6-9,11H2,1-5H3,(H,23,24)(H2,19,21,22). The van der Waals surface area contributed by atoms with Crippen LogP contribution in [0.3, 0.4) is 0 Å². The van der Waals surface area contributed by atoms with Crippen molar-refractivity contribution in [3.8, 4) is 0 Å². The SMILES string of the molecule is CN=C(NCc1ncc(C)s1)NC1CCC(NC(=O)OC(C)(C)C)CC1. The largest absolute Gasteiger partial charge is 0.444 e. The van der Waals surface area contributed by atoms with Gasteiger partial charge in [-0.15, -0.1) is 11.3 Å². The van der Waals surface area contributed by atoms with Crippen molar-refractivity contribution in [3.63, 3.8) is 0 Å². The second kappa shape index (κ2) is 9.21. The summed E-state index contributed by atoms with van der Waals surface area (Å²) in [5.74, 6) is 0.793. The van der Waals surface area contributed by atoms with Gasteiger partial charge in [0.2, 0.25) is 0 Å². The third-order valence-electron chi connectivity index (χ3n) is 4.09. The molecule has 0 radical (unpaired) electrons. The first kappa shape index (κ1) is 20.5. The molecule has 0 saturated heterocycles. The van der Waals surface area contributed by atoms with E-state index in [1.807, 2.05) is 27.0 Å². The number of hydrogen-bond donors (Lipinski definition) is 3. The molecule has 0 bridgehead atoms. The summed E-state index contributed by atoms with van der Waals surface area (Å²) in [4.78, 5) is 21.7. The minimum absolute atomic E-state index is 0.177. The number of rotatable bonds is 4. The topological polar surface area (TPSA) is 87.6 Å². The molecule has 1 fully saturated rings. The first-order valence-corrected chi connectivity index (χ1v) is 9.95. The maximum absolute atomic E-state index is 11.9. The number of carbonyl (C=O) groups is 1. The van der Waals surface area contributed by atoms with Crippen molar-refractivity contribution in [2.24, 2.45) is 4.99 Å². The minimum atomic E-state index is -0.461. The van der Waals surface area contributed by atoms with E-state index in [0.29, 0.717) is 12.6 Å². The van der Waals surface area contributed by atoms with Crippen molar-refractivity contribution >= 4 is 23.4 Å². The molecule has 1 aromatic heterocycles. The fourth-order valence-electron chi connectivity index (χ4n) is 2.89. The first-order valence-electron chi connectivity index (χ1n) is 9.13. The molecule has 1 aliphatic carbocycles. The Morgan fingerprint density at radius 3 is 2.38 bits per heavy atom. The van der Waals surface area contributed by atoms with Gasteiger partial charge in [0.05, 0.1) is 6.54 Å². The van der Waals surface area contributed by atoms with Crippen LogP contribution in [0.25, 0.3) is 0 Å². The quantitative estimate of drug-likeness (QED) is 0.551. The molecule has 3 N–H and O–H groups in total. The van der Waals surface area contributed by atoms with Crippen LogP contribution in [0.4, 0.5) is 4.79 Å². The number of aliphatic imine (C=N–C) groups is 1. The van der Waals surface area contributed by atoms with Crippen LogP contribution >= 0.6 is 11.3 Å². The van der Waals surface area contributed by atoms with Crippen molar-refractivity contribution in [2.45, 2.75) is 77.6 Å². The number of nitrogens with one attached hydrogen (secondary N) is 3. The van der Waals surface area contributed by atoms with Gasteiger partial charge in [0.1, 0.15) is 10.6 Å². The zero-order chi connectivity index (χ0) is 19.2. The highest BCUT2D eigenvalue weighted by molar-refractivity contribution is 7.11. The molecule has 1 amide bonds. The molecule has 0 aliphatic heterocycles. The van der Waals surface area contributed by atoms with Crippen LogP contribution < -0.4 is 16.0 Å². The lowest BCUT2D eigenvalue weighted by Crippen LogP contribution is -2.47. The summed E-state index contributed by atoms with van der Waals surface area (Å²) >= 11 is 1.69. The van der Waals surface area contributed by atoms with Gasteiger partial charge in [-0.05, 0) is 53.4 Å². The molecule has 146 valence electrons. The van der Waals surface area contributed by atoms with Crippen molar-refractivity contribution in [1.82, 2.24) is 20.9 Å². The number of aryl methyl sites for hydroxylation is 1. The molecule has 1 heterocycles. The number of carbonyl (C=O) groups excluding carboxylic acids is 1. The Morgan fingerprint density at radius 2 is 1.88 bits per heavy atom. The monoisotopic (exact) mass is 381 g/mol. The highest BCUT2D eigenvalue weighted by Gasteiger charge is 2.25. The van der Waals surface area contributed by atoms with Gasteiger partial charge in [-0.2, -0.15) is 0 Å². The van der Waals surface area contributed by atoms with Gasteiger partial charge < -0.3 is 20.7 Å². The van der Waals surface area contributed by atoms with E-state index in [9.17, 15) is 4.79 Å². The Morgan fingerprint density at radius 1 is 1.27 bits per heavy atom. The van der Waals surface area contributed by atoms with Gasteiger partial charge in [-0.25, -0.2) is 9.78 Å². The molecule has 0 aromatic carbocycles. The highest BCUT2D eigenvalue weighted by atomic mass is 32.1. The molecule has 2 rings (SSSR count). The molecule has 1 aromatic rings. The molecule has 8 heteroatoms. The molecule has 26 heavy (non-hydrogen) atoms. The Balaban J connectivity index is 1.70. The first-order chi connectivity index (χ1) is 12.2. The maximum atomic E-state index is 11.9. The number of alkyl carbamates (subject to hydrolysis) is 1. The molecule has 0 atom stereocenters. The average molecular weight is 382 g/mol. The summed E-state index contributed by atoms with van der Waals surface area (Å²) in [5.41, 5.74) is -0.461. The Hall–Kier alpha value is -1.83. The number of hydrogen-bond acceptors (Lipinski definition) is 5. The van der Waals surface area contributed by atoms with Gasteiger partial charge in [0.25, 0.3) is 0 Å².